The van der Waals surface area contributed by atoms with Crippen LogP contribution in [0.25, 0.3) is 0 Å². The van der Waals surface area contributed by atoms with Gasteiger partial charge in [-0.1, -0.05) is 24.6 Å². The number of para-hydroxylation sites is 1. The van der Waals surface area contributed by atoms with E-state index in [-0.39, 0.29) is 24.3 Å². The monoisotopic (exact) mass is 497 g/mol. The lowest BCUT2D eigenvalue weighted by Gasteiger charge is -2.34. The molecule has 1 N–H and O–H groups in total. The Labute approximate surface area is 206 Å². The molecule has 1 aromatic carbocycles. The van der Waals surface area contributed by atoms with Crippen molar-refractivity contribution >= 4 is 39.5 Å². The van der Waals surface area contributed by atoms with Gasteiger partial charge in [0.05, 0.1) is 17.0 Å². The highest BCUT2D eigenvalue weighted by atomic mass is 32.1. The van der Waals surface area contributed by atoms with Crippen molar-refractivity contribution in [3.8, 4) is 5.75 Å². The molecule has 2 unspecified atom stereocenters. The first kappa shape index (κ1) is 23.2. The first-order valence-corrected chi connectivity index (χ1v) is 13.4. The minimum absolute atomic E-state index is 0.0878. The van der Waals surface area contributed by atoms with Gasteiger partial charge < -0.3 is 9.84 Å². The Bertz CT molecular complexity index is 1150. The van der Waals surface area contributed by atoms with Crippen molar-refractivity contribution in [3.63, 3.8) is 0 Å². The molecular weight excluding hydrogens is 470 g/mol. The van der Waals surface area contributed by atoms with Gasteiger partial charge in [-0.05, 0) is 49.4 Å². The number of hydrogen-bond donors (Lipinski definition) is 1. The van der Waals surface area contributed by atoms with Gasteiger partial charge in [0.2, 0.25) is 11.9 Å². The first-order chi connectivity index (χ1) is 16.7. The van der Waals surface area contributed by atoms with Gasteiger partial charge in [-0.3, -0.25) is 19.4 Å². The lowest BCUT2D eigenvalue weighted by molar-refractivity contribution is 0.0854. The summed E-state index contributed by atoms with van der Waals surface area (Å²) in [7, 11) is 0. The fraction of sp³-hybridized carbons (Fsp3) is 0.400. The second kappa shape index (κ2) is 10.4. The number of ether oxygens (including phenoxy) is 1. The quantitative estimate of drug-likeness (QED) is 0.497. The fourth-order valence-corrected chi connectivity index (χ4v) is 6.15. The Morgan fingerprint density at radius 3 is 2.88 bits per heavy atom. The molecule has 0 saturated carbocycles. The molecule has 2 aromatic heterocycles. The van der Waals surface area contributed by atoms with Crippen LogP contribution in [-0.4, -0.2) is 59.0 Å². The molecule has 3 aromatic rings. The molecule has 1 fully saturated rings. The molecule has 0 aliphatic carbocycles. The number of Topliss-reactive ketones (excluding diaryl/α,β-unsaturated/α-hetero) is 1. The van der Waals surface area contributed by atoms with E-state index in [0.717, 1.165) is 38.8 Å². The Hall–Kier alpha value is -2.59. The van der Waals surface area contributed by atoms with E-state index >= 15 is 0 Å². The molecule has 0 radical (unpaired) electrons. The van der Waals surface area contributed by atoms with E-state index in [2.05, 4.69) is 9.88 Å². The summed E-state index contributed by atoms with van der Waals surface area (Å²) in [5, 5.41) is 14.0. The van der Waals surface area contributed by atoms with Crippen molar-refractivity contribution in [1.82, 2.24) is 9.88 Å². The zero-order valence-electron chi connectivity index (χ0n) is 18.8. The van der Waals surface area contributed by atoms with Gasteiger partial charge >= 0.3 is 0 Å². The predicted molar refractivity (Wildman–Crippen MR) is 133 cm³/mol. The topological polar surface area (TPSA) is 83.0 Å². The smallest absolute Gasteiger partial charge is 0.270 e. The summed E-state index contributed by atoms with van der Waals surface area (Å²) >= 11 is 2.76. The fourth-order valence-electron chi connectivity index (χ4n) is 4.62. The number of thiophene rings is 1. The van der Waals surface area contributed by atoms with Crippen molar-refractivity contribution in [2.45, 2.75) is 37.8 Å². The molecule has 0 spiro atoms. The van der Waals surface area contributed by atoms with Gasteiger partial charge in [0.15, 0.2) is 5.13 Å². The van der Waals surface area contributed by atoms with Crippen molar-refractivity contribution in [3.05, 3.63) is 63.3 Å². The summed E-state index contributed by atoms with van der Waals surface area (Å²) < 4.78 is 5.88. The highest BCUT2D eigenvalue weighted by Gasteiger charge is 2.36. The summed E-state index contributed by atoms with van der Waals surface area (Å²) in [5.74, 6) is 0.373. The average Bonchev–Trinajstić information content (AvgIpc) is 3.63. The van der Waals surface area contributed by atoms with Crippen LogP contribution < -0.4 is 9.64 Å². The summed E-state index contributed by atoms with van der Waals surface area (Å²) in [6.45, 7) is 2.48. The Balaban J connectivity index is 1.32. The molecule has 2 aliphatic rings. The van der Waals surface area contributed by atoms with E-state index in [9.17, 15) is 14.7 Å². The van der Waals surface area contributed by atoms with E-state index in [1.54, 1.807) is 17.0 Å². The largest absolute Gasteiger partial charge is 0.475 e. The van der Waals surface area contributed by atoms with Crippen LogP contribution in [0.15, 0.2) is 47.2 Å². The molecule has 1 amide bonds. The number of aliphatic hydroxyl groups is 1. The van der Waals surface area contributed by atoms with E-state index in [4.69, 9.17) is 4.74 Å². The third-order valence-corrected chi connectivity index (χ3v) is 8.15. The van der Waals surface area contributed by atoms with Crippen LogP contribution in [0.4, 0.5) is 5.13 Å². The Morgan fingerprint density at radius 1 is 1.21 bits per heavy atom. The highest BCUT2D eigenvalue weighted by Crippen LogP contribution is 2.38. The van der Waals surface area contributed by atoms with Gasteiger partial charge in [0.25, 0.3) is 5.91 Å². The molecule has 5 rings (SSSR count). The Morgan fingerprint density at radius 2 is 2.09 bits per heavy atom. The summed E-state index contributed by atoms with van der Waals surface area (Å²) in [4.78, 5) is 35.5. The number of ketones is 1. The summed E-state index contributed by atoms with van der Waals surface area (Å²) in [6.07, 6.45) is 3.30. The number of likely N-dealkylation sites (tertiary alicyclic amines) is 1. The van der Waals surface area contributed by atoms with Gasteiger partial charge in [0, 0.05) is 24.5 Å². The van der Waals surface area contributed by atoms with Gasteiger partial charge in [0.1, 0.15) is 11.4 Å². The second-order valence-electron chi connectivity index (χ2n) is 8.57. The number of benzene rings is 1. The number of carbonyl (C=O) groups is 2. The van der Waals surface area contributed by atoms with E-state index in [1.807, 2.05) is 35.0 Å². The molecule has 2 atom stereocenters. The van der Waals surface area contributed by atoms with Crippen molar-refractivity contribution < 1.29 is 19.4 Å². The number of amides is 1. The molecule has 2 aliphatic heterocycles. The zero-order chi connectivity index (χ0) is 23.5. The number of aromatic nitrogens is 1. The molecule has 4 heterocycles. The molecule has 34 heavy (non-hydrogen) atoms. The predicted octanol–water partition coefficient (Wildman–Crippen LogP) is 4.40. The zero-order valence-corrected chi connectivity index (χ0v) is 20.4. The summed E-state index contributed by atoms with van der Waals surface area (Å²) in [6, 6.07) is 11.1. The van der Waals surface area contributed by atoms with E-state index in [1.165, 1.54) is 22.7 Å². The van der Waals surface area contributed by atoms with Crippen LogP contribution in [0.2, 0.25) is 0 Å². The maximum absolute atomic E-state index is 13.3. The molecular formula is C25H27N3O4S2. The number of thiazole rings is 1. The van der Waals surface area contributed by atoms with Crippen LogP contribution in [0, 0.1) is 0 Å². The summed E-state index contributed by atoms with van der Waals surface area (Å²) in [5.41, 5.74) is 1.09. The average molecular weight is 498 g/mol. The second-order valence-corrected chi connectivity index (χ2v) is 10.4. The maximum atomic E-state index is 13.3. The minimum atomic E-state index is -0.778. The normalized spacial score (nSPS) is 20.2. The van der Waals surface area contributed by atoms with Crippen LogP contribution in [0.3, 0.4) is 0 Å². The number of piperidine rings is 1. The number of aliphatic hydroxyl groups excluding tert-OH is 1. The Kier molecular flexibility index (Phi) is 7.05. The number of nitrogens with zero attached hydrogens (tertiary/aromatic N) is 3. The van der Waals surface area contributed by atoms with Crippen molar-refractivity contribution in [2.24, 2.45) is 0 Å². The molecule has 1 saturated heterocycles. The SMILES string of the molecule is O=C1c2ccccc2OC1c1csc(N(CCCN2CCCCC2CO)C(=O)c2cccs2)n1. The van der Waals surface area contributed by atoms with E-state index < -0.39 is 6.10 Å². The number of hydrogen-bond acceptors (Lipinski definition) is 8. The standard InChI is InChI=1S/C25H27N3O4S2/c29-15-17-7-3-4-11-27(17)12-6-13-28(24(31)21-10-5-14-33-21)25-26-19(16-34-25)23-22(30)18-8-1-2-9-20(18)32-23/h1-2,5,8-10,14,16-17,23,29H,3-4,6-7,11-13,15H2. The maximum Gasteiger partial charge on any atom is 0.270 e. The van der Waals surface area contributed by atoms with Crippen molar-refractivity contribution in [1.29, 1.82) is 0 Å². The van der Waals surface area contributed by atoms with Crippen LogP contribution in [0.1, 0.15) is 57.5 Å². The molecule has 178 valence electrons. The van der Waals surface area contributed by atoms with Gasteiger partial charge in [-0.2, -0.15) is 0 Å². The molecule has 9 heteroatoms. The number of carbonyl (C=O) groups excluding carboxylic acids is 2. The van der Waals surface area contributed by atoms with Crippen LogP contribution in [0.5, 0.6) is 5.75 Å². The first-order valence-electron chi connectivity index (χ1n) is 11.6. The molecule has 0 bridgehead atoms. The van der Waals surface area contributed by atoms with E-state index in [0.29, 0.717) is 33.6 Å². The lowest BCUT2D eigenvalue weighted by atomic mass is 10.0. The van der Waals surface area contributed by atoms with Gasteiger partial charge in [-0.25, -0.2) is 4.98 Å². The number of fused-ring (bicyclic) bond motifs is 1. The lowest BCUT2D eigenvalue weighted by Crippen LogP contribution is -2.43. The van der Waals surface area contributed by atoms with Crippen LogP contribution >= 0.6 is 22.7 Å². The highest BCUT2D eigenvalue weighted by molar-refractivity contribution is 7.14. The number of anilines is 1. The number of rotatable bonds is 8. The van der Waals surface area contributed by atoms with Gasteiger partial charge in [-0.15, -0.1) is 22.7 Å². The van der Waals surface area contributed by atoms with Crippen LogP contribution in [-0.2, 0) is 0 Å². The molecule has 7 nitrogen and oxygen atoms in total. The minimum Gasteiger partial charge on any atom is -0.475 e. The third-order valence-electron chi connectivity index (χ3n) is 6.41. The third kappa shape index (κ3) is 4.65. The van der Waals surface area contributed by atoms with Crippen molar-refractivity contribution in [2.75, 3.05) is 31.1 Å².